The van der Waals surface area contributed by atoms with Gasteiger partial charge in [-0.05, 0) is 30.3 Å². The molecule has 0 fully saturated rings. The van der Waals surface area contributed by atoms with Crippen molar-refractivity contribution in [3.63, 3.8) is 0 Å². The molecule has 0 amide bonds. The number of nitrogens with zero attached hydrogens (tertiary/aromatic N) is 3. The fourth-order valence-electron chi connectivity index (χ4n) is 3.77. The van der Waals surface area contributed by atoms with E-state index >= 15 is 0 Å². The van der Waals surface area contributed by atoms with Gasteiger partial charge in [-0.1, -0.05) is 60.7 Å². The molecule has 0 radical (unpaired) electrons. The van der Waals surface area contributed by atoms with Crippen molar-refractivity contribution in [2.45, 2.75) is 0 Å². The third kappa shape index (κ3) is 3.40. The van der Waals surface area contributed by atoms with Crippen molar-refractivity contribution in [3.05, 3.63) is 101 Å². The topological polar surface area (TPSA) is 53.9 Å². The van der Waals surface area contributed by atoms with E-state index in [-0.39, 0.29) is 5.56 Å². The molecule has 0 aliphatic rings. The maximum absolute atomic E-state index is 13.6. The van der Waals surface area contributed by atoms with Crippen molar-refractivity contribution in [2.24, 2.45) is 0 Å². The highest BCUT2D eigenvalue weighted by atomic mass is 16.1. The van der Waals surface area contributed by atoms with Crippen molar-refractivity contribution in [1.82, 2.24) is 14.8 Å². The number of nitrogens with one attached hydrogen (secondary N) is 1. The van der Waals surface area contributed by atoms with E-state index in [4.69, 9.17) is 4.98 Å². The Morgan fingerprint density at radius 1 is 0.839 bits per heavy atom. The quantitative estimate of drug-likeness (QED) is 0.451. The maximum Gasteiger partial charge on any atom is 0.281 e. The fourth-order valence-corrected chi connectivity index (χ4v) is 3.77. The number of hydrogen-bond donors (Lipinski definition) is 1. The lowest BCUT2D eigenvalue weighted by Crippen LogP contribution is -2.15. The van der Waals surface area contributed by atoms with Crippen LogP contribution >= 0.6 is 0 Å². The molecular formula is C26H22N4O. The molecule has 1 N–H and O–H groups in total. The van der Waals surface area contributed by atoms with Crippen molar-refractivity contribution in [2.75, 3.05) is 19.0 Å². The average molecular weight is 406 g/mol. The van der Waals surface area contributed by atoms with Crippen LogP contribution in [0.2, 0.25) is 0 Å². The van der Waals surface area contributed by atoms with Gasteiger partial charge >= 0.3 is 0 Å². The highest BCUT2D eigenvalue weighted by molar-refractivity contribution is 5.87. The summed E-state index contributed by atoms with van der Waals surface area (Å²) in [4.78, 5) is 20.5. The molecule has 0 aliphatic heterocycles. The first-order chi connectivity index (χ1) is 15.1. The molecule has 152 valence electrons. The van der Waals surface area contributed by atoms with Gasteiger partial charge in [-0.15, -0.1) is 0 Å². The van der Waals surface area contributed by atoms with Gasteiger partial charge in [-0.2, -0.15) is 0 Å². The van der Waals surface area contributed by atoms with Gasteiger partial charge in [0.1, 0.15) is 0 Å². The number of benzene rings is 3. The molecule has 0 spiro atoms. The number of aromatic amines is 1. The molecule has 2 aromatic heterocycles. The summed E-state index contributed by atoms with van der Waals surface area (Å²) in [6, 6.07) is 29.6. The predicted molar refractivity (Wildman–Crippen MR) is 127 cm³/mol. The van der Waals surface area contributed by atoms with Crippen molar-refractivity contribution in [3.8, 4) is 28.2 Å². The lowest BCUT2D eigenvalue weighted by atomic mass is 10.0. The van der Waals surface area contributed by atoms with Crippen LogP contribution in [-0.2, 0) is 0 Å². The number of para-hydroxylation sites is 1. The number of pyridine rings is 1. The van der Waals surface area contributed by atoms with Crippen LogP contribution in [0.3, 0.4) is 0 Å². The normalized spacial score (nSPS) is 11.0. The Morgan fingerprint density at radius 2 is 1.52 bits per heavy atom. The van der Waals surface area contributed by atoms with Crippen molar-refractivity contribution in [1.29, 1.82) is 0 Å². The monoisotopic (exact) mass is 406 g/mol. The Morgan fingerprint density at radius 3 is 2.23 bits per heavy atom. The minimum Gasteiger partial charge on any atom is -0.378 e. The van der Waals surface area contributed by atoms with E-state index in [1.165, 1.54) is 0 Å². The van der Waals surface area contributed by atoms with Crippen LogP contribution < -0.4 is 10.5 Å². The van der Waals surface area contributed by atoms with E-state index < -0.39 is 0 Å². The van der Waals surface area contributed by atoms with Crippen molar-refractivity contribution >= 4 is 16.6 Å². The molecule has 3 aromatic carbocycles. The van der Waals surface area contributed by atoms with Gasteiger partial charge in [0.15, 0.2) is 0 Å². The van der Waals surface area contributed by atoms with Crippen LogP contribution in [0.15, 0.2) is 95.8 Å². The highest BCUT2D eigenvalue weighted by Gasteiger charge is 2.20. The Hall–Kier alpha value is -4.12. The average Bonchev–Trinajstić information content (AvgIpc) is 3.16. The summed E-state index contributed by atoms with van der Waals surface area (Å²) in [6.07, 6.45) is 0. The van der Waals surface area contributed by atoms with Crippen molar-refractivity contribution < 1.29 is 0 Å². The second-order valence-corrected chi connectivity index (χ2v) is 7.67. The zero-order valence-electron chi connectivity index (χ0n) is 17.4. The van der Waals surface area contributed by atoms with Crippen LogP contribution in [0, 0.1) is 0 Å². The molecule has 2 heterocycles. The van der Waals surface area contributed by atoms with E-state index in [0.29, 0.717) is 11.3 Å². The molecule has 0 atom stereocenters. The number of aromatic nitrogens is 3. The van der Waals surface area contributed by atoms with E-state index in [1.54, 1.807) is 4.68 Å². The standard InChI is InChI=1S/C26H22N4O/c1-29(2)21-15-13-18-14-16-22(27-23(18)17-21)24-25(19-9-5-3-6-10-19)28-30(26(24)31)20-11-7-4-8-12-20/h3-17,28H,1-2H3. The fraction of sp³-hybridized carbons (Fsp3) is 0.0769. The molecule has 0 saturated carbocycles. The first-order valence-electron chi connectivity index (χ1n) is 10.2. The summed E-state index contributed by atoms with van der Waals surface area (Å²) < 4.78 is 1.58. The highest BCUT2D eigenvalue weighted by Crippen LogP contribution is 2.29. The first kappa shape index (κ1) is 18.9. The lowest BCUT2D eigenvalue weighted by molar-refractivity contribution is 0.853. The van der Waals surface area contributed by atoms with Gasteiger partial charge in [0, 0.05) is 30.7 Å². The Bertz CT molecular complexity index is 1420. The van der Waals surface area contributed by atoms with E-state index in [1.807, 2.05) is 97.9 Å². The summed E-state index contributed by atoms with van der Waals surface area (Å²) in [6.45, 7) is 0. The first-order valence-corrected chi connectivity index (χ1v) is 10.2. The van der Waals surface area contributed by atoms with Crippen LogP contribution in [0.1, 0.15) is 0 Å². The van der Waals surface area contributed by atoms with Crippen LogP contribution in [0.5, 0.6) is 0 Å². The minimum absolute atomic E-state index is 0.124. The zero-order chi connectivity index (χ0) is 21.4. The maximum atomic E-state index is 13.6. The van der Waals surface area contributed by atoms with E-state index in [0.717, 1.165) is 33.5 Å². The SMILES string of the molecule is CN(C)c1ccc2ccc(-c3c(-c4ccccc4)[nH]n(-c4ccccc4)c3=O)nc2c1. The minimum atomic E-state index is -0.124. The van der Waals surface area contributed by atoms with Gasteiger partial charge in [0.2, 0.25) is 0 Å². The molecule has 0 unspecified atom stereocenters. The van der Waals surface area contributed by atoms with Gasteiger partial charge in [-0.3, -0.25) is 9.89 Å². The molecule has 5 nitrogen and oxygen atoms in total. The molecular weight excluding hydrogens is 384 g/mol. The molecule has 0 saturated heterocycles. The predicted octanol–water partition coefficient (Wildman–Crippen LogP) is 5.11. The molecule has 5 aromatic rings. The Kier molecular flexibility index (Phi) is 4.64. The number of anilines is 1. The summed E-state index contributed by atoms with van der Waals surface area (Å²) in [7, 11) is 4.01. The van der Waals surface area contributed by atoms with Gasteiger partial charge in [0.25, 0.3) is 5.56 Å². The van der Waals surface area contributed by atoms with Crippen LogP contribution in [-0.4, -0.2) is 28.9 Å². The zero-order valence-corrected chi connectivity index (χ0v) is 17.4. The second-order valence-electron chi connectivity index (χ2n) is 7.67. The Balaban J connectivity index is 1.76. The largest absolute Gasteiger partial charge is 0.378 e. The number of rotatable bonds is 4. The third-order valence-corrected chi connectivity index (χ3v) is 5.42. The molecule has 5 heteroatoms. The summed E-state index contributed by atoms with van der Waals surface area (Å²) in [5.74, 6) is 0. The number of hydrogen-bond acceptors (Lipinski definition) is 3. The van der Waals surface area contributed by atoms with Gasteiger partial charge in [-0.25, -0.2) is 9.67 Å². The van der Waals surface area contributed by atoms with E-state index in [2.05, 4.69) is 17.2 Å². The Labute approximate surface area is 180 Å². The smallest absolute Gasteiger partial charge is 0.281 e. The number of H-pyrrole nitrogens is 1. The van der Waals surface area contributed by atoms with Gasteiger partial charge in [0.05, 0.1) is 28.2 Å². The van der Waals surface area contributed by atoms with Crippen LogP contribution in [0.25, 0.3) is 39.1 Å². The second kappa shape index (κ2) is 7.61. The third-order valence-electron chi connectivity index (χ3n) is 5.42. The number of fused-ring (bicyclic) bond motifs is 1. The van der Waals surface area contributed by atoms with Gasteiger partial charge < -0.3 is 4.90 Å². The lowest BCUT2D eigenvalue weighted by Gasteiger charge is -2.13. The summed E-state index contributed by atoms with van der Waals surface area (Å²) >= 11 is 0. The molecule has 0 aliphatic carbocycles. The summed E-state index contributed by atoms with van der Waals surface area (Å²) in [5.41, 5.74) is 5.49. The molecule has 0 bridgehead atoms. The molecule has 31 heavy (non-hydrogen) atoms. The summed E-state index contributed by atoms with van der Waals surface area (Å²) in [5, 5.41) is 4.35. The van der Waals surface area contributed by atoms with E-state index in [9.17, 15) is 4.79 Å². The van der Waals surface area contributed by atoms with Crippen LogP contribution in [0.4, 0.5) is 5.69 Å². The molecule has 5 rings (SSSR count).